The zero-order chi connectivity index (χ0) is 20.1. The summed E-state index contributed by atoms with van der Waals surface area (Å²) in [7, 11) is 3.28. The molecule has 0 amide bonds. The lowest BCUT2D eigenvalue weighted by molar-refractivity contribution is 0.354. The second kappa shape index (κ2) is 8.77. The number of aryl methyl sites for hydroxylation is 1. The maximum absolute atomic E-state index is 5.37. The molecule has 2 aromatic carbocycles. The third-order valence-electron chi connectivity index (χ3n) is 5.08. The summed E-state index contributed by atoms with van der Waals surface area (Å²) in [5, 5.41) is 11.6. The lowest BCUT2D eigenvalue weighted by Gasteiger charge is -2.30. The number of hydrogen-bond acceptors (Lipinski definition) is 7. The molecule has 7 heteroatoms. The fourth-order valence-corrected chi connectivity index (χ4v) is 3.63. The molecule has 150 valence electrons. The van der Waals surface area contributed by atoms with E-state index in [9.17, 15) is 0 Å². The largest absolute Gasteiger partial charge is 0.493 e. The van der Waals surface area contributed by atoms with E-state index in [4.69, 9.17) is 9.47 Å². The summed E-state index contributed by atoms with van der Waals surface area (Å²) in [6.45, 7) is 1.62. The molecular weight excluding hydrogens is 366 g/mol. The summed E-state index contributed by atoms with van der Waals surface area (Å²) in [4.78, 5) is 6.90. The number of ether oxygens (including phenoxy) is 2. The fourth-order valence-electron chi connectivity index (χ4n) is 3.63. The first-order valence-electron chi connectivity index (χ1n) is 9.78. The van der Waals surface area contributed by atoms with Gasteiger partial charge in [0.25, 0.3) is 0 Å². The van der Waals surface area contributed by atoms with Crippen molar-refractivity contribution in [3.05, 3.63) is 59.8 Å². The Labute approximate surface area is 170 Å². The van der Waals surface area contributed by atoms with Gasteiger partial charge in [0.1, 0.15) is 0 Å². The molecule has 0 saturated carbocycles. The average Bonchev–Trinajstić information content (AvgIpc) is 2.78. The first kappa shape index (κ1) is 19.0. The number of aromatic nitrogens is 3. The number of benzene rings is 2. The normalized spacial score (nSPS) is 13.0. The van der Waals surface area contributed by atoms with Gasteiger partial charge in [-0.2, -0.15) is 10.1 Å². The van der Waals surface area contributed by atoms with Crippen molar-refractivity contribution in [3.63, 3.8) is 0 Å². The summed E-state index contributed by atoms with van der Waals surface area (Å²) in [5.74, 6) is 2.81. The minimum absolute atomic E-state index is 0.533. The SMILES string of the molecule is COc1ccc(CCNc2nncc(N3CCCc4ccccc43)n2)cc1OC. The number of fused-ring (bicyclic) bond motifs is 1. The predicted octanol–water partition coefficient (Wildman–Crippen LogP) is 3.63. The minimum Gasteiger partial charge on any atom is -0.493 e. The molecule has 0 fully saturated rings. The van der Waals surface area contributed by atoms with Crippen LogP contribution in [0.25, 0.3) is 0 Å². The van der Waals surface area contributed by atoms with Crippen LogP contribution in [-0.2, 0) is 12.8 Å². The van der Waals surface area contributed by atoms with Crippen LogP contribution in [0, 0.1) is 0 Å². The van der Waals surface area contributed by atoms with Gasteiger partial charge in [0.05, 0.1) is 20.4 Å². The Kier molecular flexibility index (Phi) is 5.74. The van der Waals surface area contributed by atoms with Crippen LogP contribution in [0.3, 0.4) is 0 Å². The van der Waals surface area contributed by atoms with Crippen LogP contribution in [0.2, 0.25) is 0 Å². The summed E-state index contributed by atoms with van der Waals surface area (Å²) < 4.78 is 10.7. The Hall–Kier alpha value is -3.35. The van der Waals surface area contributed by atoms with Gasteiger partial charge in [-0.25, -0.2) is 0 Å². The van der Waals surface area contributed by atoms with E-state index in [2.05, 4.69) is 49.7 Å². The molecule has 3 aromatic rings. The van der Waals surface area contributed by atoms with Gasteiger partial charge in [0.2, 0.25) is 5.95 Å². The smallest absolute Gasteiger partial charge is 0.244 e. The Morgan fingerprint density at radius 3 is 2.79 bits per heavy atom. The number of anilines is 3. The molecule has 0 spiro atoms. The standard InChI is InChI=1S/C22H25N5O2/c1-28-19-10-9-16(14-20(19)29-2)11-12-23-22-25-21(15-24-26-22)27-13-5-7-17-6-3-4-8-18(17)27/h3-4,6,8-10,14-15H,5,7,11-13H2,1-2H3,(H,23,25,26). The maximum Gasteiger partial charge on any atom is 0.244 e. The van der Waals surface area contributed by atoms with Gasteiger partial charge in [-0.3, -0.25) is 0 Å². The molecule has 0 aliphatic carbocycles. The lowest BCUT2D eigenvalue weighted by atomic mass is 10.0. The number of hydrogen-bond donors (Lipinski definition) is 1. The average molecular weight is 391 g/mol. The van der Waals surface area contributed by atoms with Gasteiger partial charge in [-0.05, 0) is 48.6 Å². The van der Waals surface area contributed by atoms with Crippen molar-refractivity contribution >= 4 is 17.5 Å². The van der Waals surface area contributed by atoms with Crippen molar-refractivity contribution in [1.29, 1.82) is 0 Å². The Morgan fingerprint density at radius 1 is 1.07 bits per heavy atom. The molecule has 1 aliphatic rings. The maximum atomic E-state index is 5.37. The van der Waals surface area contributed by atoms with Crippen LogP contribution in [0.4, 0.5) is 17.5 Å². The summed E-state index contributed by atoms with van der Waals surface area (Å²) in [6.07, 6.45) is 4.73. The van der Waals surface area contributed by atoms with Crippen LogP contribution in [0.15, 0.2) is 48.7 Å². The highest BCUT2D eigenvalue weighted by molar-refractivity contribution is 5.65. The van der Waals surface area contributed by atoms with E-state index in [0.717, 1.165) is 48.7 Å². The highest BCUT2D eigenvalue weighted by Crippen LogP contribution is 2.32. The van der Waals surface area contributed by atoms with E-state index < -0.39 is 0 Å². The molecule has 29 heavy (non-hydrogen) atoms. The van der Waals surface area contributed by atoms with E-state index in [-0.39, 0.29) is 0 Å². The molecule has 4 rings (SSSR count). The molecule has 0 atom stereocenters. The third kappa shape index (κ3) is 4.23. The van der Waals surface area contributed by atoms with E-state index in [0.29, 0.717) is 12.5 Å². The molecule has 1 N–H and O–H groups in total. The Bertz CT molecular complexity index is 979. The van der Waals surface area contributed by atoms with Crippen molar-refractivity contribution in [2.24, 2.45) is 0 Å². The van der Waals surface area contributed by atoms with Crippen LogP contribution in [0.5, 0.6) is 11.5 Å². The van der Waals surface area contributed by atoms with Crippen molar-refractivity contribution < 1.29 is 9.47 Å². The van der Waals surface area contributed by atoms with Crippen LogP contribution in [-0.4, -0.2) is 42.5 Å². The molecule has 0 radical (unpaired) electrons. The van der Waals surface area contributed by atoms with Crippen molar-refractivity contribution in [2.45, 2.75) is 19.3 Å². The Morgan fingerprint density at radius 2 is 1.93 bits per heavy atom. The monoisotopic (exact) mass is 391 g/mol. The first-order valence-corrected chi connectivity index (χ1v) is 9.78. The highest BCUT2D eigenvalue weighted by atomic mass is 16.5. The zero-order valence-corrected chi connectivity index (χ0v) is 16.8. The number of nitrogens with one attached hydrogen (secondary N) is 1. The number of rotatable bonds is 7. The van der Waals surface area contributed by atoms with E-state index in [1.807, 2.05) is 18.2 Å². The van der Waals surface area contributed by atoms with Crippen molar-refractivity contribution in [1.82, 2.24) is 15.2 Å². The summed E-state index contributed by atoms with van der Waals surface area (Å²) in [6, 6.07) is 14.4. The molecular formula is C22H25N5O2. The van der Waals surface area contributed by atoms with Gasteiger partial charge in [0, 0.05) is 18.8 Å². The van der Waals surface area contributed by atoms with E-state index in [1.54, 1.807) is 20.4 Å². The quantitative estimate of drug-likeness (QED) is 0.659. The van der Waals surface area contributed by atoms with Crippen LogP contribution >= 0.6 is 0 Å². The molecule has 1 aliphatic heterocycles. The topological polar surface area (TPSA) is 72.4 Å². The first-order chi connectivity index (χ1) is 14.3. The number of nitrogens with zero attached hydrogens (tertiary/aromatic N) is 4. The molecule has 0 saturated heterocycles. The van der Waals surface area contributed by atoms with Gasteiger partial charge in [-0.1, -0.05) is 24.3 Å². The number of methoxy groups -OCH3 is 2. The van der Waals surface area contributed by atoms with E-state index in [1.165, 1.54) is 11.3 Å². The zero-order valence-electron chi connectivity index (χ0n) is 16.8. The van der Waals surface area contributed by atoms with Crippen molar-refractivity contribution in [2.75, 3.05) is 37.5 Å². The molecule has 1 aromatic heterocycles. The van der Waals surface area contributed by atoms with Gasteiger partial charge in [-0.15, -0.1) is 5.10 Å². The molecule has 2 heterocycles. The molecule has 0 bridgehead atoms. The fraction of sp³-hybridized carbons (Fsp3) is 0.318. The Balaban J connectivity index is 1.43. The van der Waals surface area contributed by atoms with Crippen molar-refractivity contribution in [3.8, 4) is 11.5 Å². The predicted molar refractivity (Wildman–Crippen MR) is 113 cm³/mol. The molecule has 0 unspecified atom stereocenters. The van der Waals surface area contributed by atoms with E-state index >= 15 is 0 Å². The lowest BCUT2D eigenvalue weighted by Crippen LogP contribution is -2.26. The molecule has 7 nitrogen and oxygen atoms in total. The van der Waals surface area contributed by atoms with Crippen LogP contribution < -0.4 is 19.7 Å². The minimum atomic E-state index is 0.533. The number of para-hydroxylation sites is 1. The van der Waals surface area contributed by atoms with Gasteiger partial charge >= 0.3 is 0 Å². The highest BCUT2D eigenvalue weighted by Gasteiger charge is 2.19. The second-order valence-electron chi connectivity index (χ2n) is 6.89. The second-order valence-corrected chi connectivity index (χ2v) is 6.89. The summed E-state index contributed by atoms with van der Waals surface area (Å²) in [5.41, 5.74) is 3.69. The van der Waals surface area contributed by atoms with Gasteiger partial charge in [0.15, 0.2) is 17.3 Å². The van der Waals surface area contributed by atoms with Gasteiger partial charge < -0.3 is 19.7 Å². The third-order valence-corrected chi connectivity index (χ3v) is 5.08. The van der Waals surface area contributed by atoms with Crippen LogP contribution in [0.1, 0.15) is 17.5 Å². The summed E-state index contributed by atoms with van der Waals surface area (Å²) >= 11 is 0.